The molecule has 8 nitrogen and oxygen atoms in total. The molecule has 0 atom stereocenters. The second-order valence-corrected chi connectivity index (χ2v) is 10.4. The lowest BCUT2D eigenvalue weighted by Crippen LogP contribution is -2.29. The van der Waals surface area contributed by atoms with Gasteiger partial charge in [-0.15, -0.1) is 0 Å². The summed E-state index contributed by atoms with van der Waals surface area (Å²) in [6.07, 6.45) is 2.51. The molecule has 1 aromatic heterocycles. The predicted molar refractivity (Wildman–Crippen MR) is 119 cm³/mol. The fourth-order valence-electron chi connectivity index (χ4n) is 3.37. The zero-order valence-electron chi connectivity index (χ0n) is 18.3. The molecule has 2 heterocycles. The molecule has 3 rings (SSSR count). The van der Waals surface area contributed by atoms with E-state index < -0.39 is 15.1 Å². The van der Waals surface area contributed by atoms with E-state index in [-0.39, 0.29) is 17.2 Å². The van der Waals surface area contributed by atoms with E-state index >= 15 is 0 Å². The number of aromatic nitrogens is 2. The van der Waals surface area contributed by atoms with Crippen LogP contribution >= 0.6 is 0 Å². The molecule has 2 aromatic rings. The van der Waals surface area contributed by atoms with Gasteiger partial charge in [-0.3, -0.25) is 4.79 Å². The van der Waals surface area contributed by atoms with Gasteiger partial charge >= 0.3 is 0 Å². The van der Waals surface area contributed by atoms with Crippen molar-refractivity contribution < 1.29 is 17.9 Å². The maximum Gasteiger partial charge on any atom is 0.224 e. The molecule has 0 bridgehead atoms. The van der Waals surface area contributed by atoms with Gasteiger partial charge in [0.2, 0.25) is 11.8 Å². The molecule has 1 fully saturated rings. The zero-order valence-corrected chi connectivity index (χ0v) is 19.1. The smallest absolute Gasteiger partial charge is 0.224 e. The lowest BCUT2D eigenvalue weighted by molar-refractivity contribution is -0.120. The largest absolute Gasteiger partial charge is 0.476 e. The first-order valence-electron chi connectivity index (χ1n) is 10.6. The Balaban J connectivity index is 1.45. The van der Waals surface area contributed by atoms with Crippen LogP contribution in [0.15, 0.2) is 35.2 Å². The van der Waals surface area contributed by atoms with Crippen LogP contribution < -0.4 is 15.0 Å². The van der Waals surface area contributed by atoms with Crippen LogP contribution in [0.4, 0.5) is 5.82 Å². The highest BCUT2D eigenvalue weighted by atomic mass is 32.2. The van der Waals surface area contributed by atoms with Crippen LogP contribution in [0.25, 0.3) is 0 Å². The van der Waals surface area contributed by atoms with Gasteiger partial charge in [-0.1, -0.05) is 12.1 Å². The van der Waals surface area contributed by atoms with Crippen molar-refractivity contribution in [3.05, 3.63) is 41.7 Å². The van der Waals surface area contributed by atoms with E-state index in [1.165, 1.54) is 12.8 Å². The Labute approximate surface area is 184 Å². The number of aryl methyl sites for hydroxylation is 1. The van der Waals surface area contributed by atoms with E-state index in [0.717, 1.165) is 24.5 Å². The molecule has 1 aliphatic rings. The van der Waals surface area contributed by atoms with Crippen molar-refractivity contribution in [3.8, 4) is 5.88 Å². The van der Waals surface area contributed by atoms with Crippen molar-refractivity contribution in [1.29, 1.82) is 0 Å². The summed E-state index contributed by atoms with van der Waals surface area (Å²) in [5.74, 6) is 1.89. The third-order valence-corrected chi connectivity index (χ3v) is 7.31. The Morgan fingerprint density at radius 1 is 1.16 bits per heavy atom. The minimum atomic E-state index is -3.31. The first-order chi connectivity index (χ1) is 14.8. The second kappa shape index (κ2) is 10.1. The molecule has 9 heteroatoms. The molecule has 1 aromatic carbocycles. The minimum Gasteiger partial charge on any atom is -0.476 e. The summed E-state index contributed by atoms with van der Waals surface area (Å²) in [5.41, 5.74) is 0.753. The number of sulfone groups is 1. The molecule has 1 N–H and O–H groups in total. The molecule has 0 spiro atoms. The fourth-order valence-corrected chi connectivity index (χ4v) is 4.43. The molecule has 168 valence electrons. The number of carbonyl (C=O) groups excluding carboxylic acids is 1. The fraction of sp³-hybridized carbons (Fsp3) is 0.500. The Bertz CT molecular complexity index is 1000. The number of carbonyl (C=O) groups is 1. The number of benzene rings is 1. The molecule has 1 aliphatic heterocycles. The number of anilines is 1. The lowest BCUT2D eigenvalue weighted by Gasteiger charge is -2.17. The average Bonchev–Trinajstić information content (AvgIpc) is 3.26. The van der Waals surface area contributed by atoms with Gasteiger partial charge in [-0.25, -0.2) is 13.4 Å². The van der Waals surface area contributed by atoms with E-state index in [2.05, 4.69) is 20.2 Å². The first kappa shape index (κ1) is 23.0. The summed E-state index contributed by atoms with van der Waals surface area (Å²) < 4.78 is 30.0. The average molecular weight is 447 g/mol. The summed E-state index contributed by atoms with van der Waals surface area (Å²) >= 11 is 0. The summed E-state index contributed by atoms with van der Waals surface area (Å²) in [6, 6.07) is 8.30. The van der Waals surface area contributed by atoms with Gasteiger partial charge in [0.25, 0.3) is 0 Å². The number of nitrogens with zero attached hydrogens (tertiary/aromatic N) is 3. The highest BCUT2D eigenvalue weighted by molar-refractivity contribution is 7.92. The van der Waals surface area contributed by atoms with Crippen molar-refractivity contribution in [2.45, 2.75) is 50.2 Å². The van der Waals surface area contributed by atoms with Gasteiger partial charge in [-0.2, -0.15) is 4.98 Å². The Kier molecular flexibility index (Phi) is 7.48. The van der Waals surface area contributed by atoms with Gasteiger partial charge in [0.1, 0.15) is 18.2 Å². The van der Waals surface area contributed by atoms with Crippen LogP contribution in [0, 0.1) is 6.92 Å². The molecular weight excluding hydrogens is 416 g/mol. The summed E-state index contributed by atoms with van der Waals surface area (Å²) in [6.45, 7) is 7.77. The van der Waals surface area contributed by atoms with E-state index in [1.807, 2.05) is 13.0 Å². The van der Waals surface area contributed by atoms with Crippen LogP contribution in [0.1, 0.15) is 38.1 Å². The third-order valence-electron chi connectivity index (χ3n) is 5.14. The van der Waals surface area contributed by atoms with Gasteiger partial charge in [0.05, 0.1) is 23.1 Å². The zero-order chi connectivity index (χ0) is 22.4. The lowest BCUT2D eigenvalue weighted by atomic mass is 10.1. The van der Waals surface area contributed by atoms with Crippen LogP contribution in [-0.2, 0) is 21.1 Å². The molecule has 1 amide bonds. The molecule has 0 aliphatic carbocycles. The van der Waals surface area contributed by atoms with Gasteiger partial charge < -0.3 is 15.0 Å². The highest BCUT2D eigenvalue weighted by Crippen LogP contribution is 2.21. The number of rotatable bonds is 9. The normalized spacial score (nSPS) is 14.1. The van der Waals surface area contributed by atoms with E-state index in [4.69, 9.17) is 4.74 Å². The molecule has 1 saturated heterocycles. The topological polar surface area (TPSA) is 101 Å². The number of amides is 1. The van der Waals surface area contributed by atoms with Crippen LogP contribution in [0.2, 0.25) is 0 Å². The third kappa shape index (κ3) is 6.16. The minimum absolute atomic E-state index is 0.153. The van der Waals surface area contributed by atoms with Crippen molar-refractivity contribution in [2.75, 3.05) is 31.1 Å². The SMILES string of the molecule is Cc1nc(OCCNC(=O)Cc2ccc(S(=O)(=O)C(C)C)cc2)cc(N2CCCC2)n1. The Morgan fingerprint density at radius 3 is 2.48 bits per heavy atom. The van der Waals surface area contributed by atoms with Crippen LogP contribution in [-0.4, -0.2) is 55.8 Å². The van der Waals surface area contributed by atoms with E-state index in [1.54, 1.807) is 38.1 Å². The number of ether oxygens (including phenoxy) is 1. The second-order valence-electron chi connectivity index (χ2n) is 7.92. The van der Waals surface area contributed by atoms with Crippen molar-refractivity contribution in [3.63, 3.8) is 0 Å². The molecule has 0 radical (unpaired) electrons. The van der Waals surface area contributed by atoms with Crippen molar-refractivity contribution in [2.24, 2.45) is 0 Å². The van der Waals surface area contributed by atoms with Crippen molar-refractivity contribution in [1.82, 2.24) is 15.3 Å². The first-order valence-corrected chi connectivity index (χ1v) is 12.1. The quantitative estimate of drug-likeness (QED) is 0.590. The standard InChI is InChI=1S/C22H30N4O4S/c1-16(2)31(28,29)19-8-6-18(7-9-19)14-21(27)23-10-13-30-22-15-20(24-17(3)25-22)26-11-4-5-12-26/h6-9,15-16H,4-5,10-14H2,1-3H3,(H,23,27). The number of hydrogen-bond donors (Lipinski definition) is 1. The summed E-state index contributed by atoms with van der Waals surface area (Å²) in [4.78, 5) is 23.5. The maximum atomic E-state index is 12.2. The van der Waals surface area contributed by atoms with Crippen LogP contribution in [0.5, 0.6) is 5.88 Å². The maximum absolute atomic E-state index is 12.2. The summed E-state index contributed by atoms with van der Waals surface area (Å²) in [7, 11) is -3.31. The molecule has 0 saturated carbocycles. The van der Waals surface area contributed by atoms with E-state index in [0.29, 0.717) is 24.9 Å². The monoisotopic (exact) mass is 446 g/mol. The van der Waals surface area contributed by atoms with Gasteiger partial charge in [0, 0.05) is 19.2 Å². The molecule has 31 heavy (non-hydrogen) atoms. The predicted octanol–water partition coefficient (Wildman–Crippen LogP) is 2.31. The van der Waals surface area contributed by atoms with Crippen molar-refractivity contribution >= 4 is 21.6 Å². The Morgan fingerprint density at radius 2 is 1.84 bits per heavy atom. The Hall–Kier alpha value is -2.68. The summed E-state index contributed by atoms with van der Waals surface area (Å²) in [5, 5.41) is 2.33. The van der Waals surface area contributed by atoms with Gasteiger partial charge in [-0.05, 0) is 51.3 Å². The number of nitrogens with one attached hydrogen (secondary N) is 1. The number of hydrogen-bond acceptors (Lipinski definition) is 7. The van der Waals surface area contributed by atoms with Crippen LogP contribution in [0.3, 0.4) is 0 Å². The van der Waals surface area contributed by atoms with E-state index in [9.17, 15) is 13.2 Å². The van der Waals surface area contributed by atoms with Gasteiger partial charge in [0.15, 0.2) is 9.84 Å². The molecule has 0 unspecified atom stereocenters. The highest BCUT2D eigenvalue weighted by Gasteiger charge is 2.19. The molecular formula is C22H30N4O4S.